The van der Waals surface area contributed by atoms with Gasteiger partial charge in [0, 0.05) is 34.7 Å². The highest BCUT2D eigenvalue weighted by atomic mass is 79.9. The Hall–Kier alpha value is -2.67. The molecule has 3 heterocycles. The van der Waals surface area contributed by atoms with Gasteiger partial charge in [0.25, 0.3) is 5.91 Å². The van der Waals surface area contributed by atoms with E-state index < -0.39 is 0 Å². The number of rotatable bonds is 3. The number of fused-ring (bicyclic) bond motifs is 1. The second-order valence-corrected chi connectivity index (χ2v) is 8.41. The van der Waals surface area contributed by atoms with E-state index in [1.54, 1.807) is 17.2 Å². The van der Waals surface area contributed by atoms with Gasteiger partial charge in [-0.05, 0) is 56.5 Å². The number of carbonyl (C=O) groups is 2. The molecule has 1 fully saturated rings. The highest BCUT2D eigenvalue weighted by Crippen LogP contribution is 2.30. The molecule has 1 aliphatic heterocycles. The SMILES string of the molecule is Cc1ccc(NC(=O)C2CCCN(C(=O)c3oc4ccc(Br)cc4c3C)C2)nc1. The molecule has 1 aliphatic rings. The molecule has 150 valence electrons. The molecule has 4 rings (SSSR count). The van der Waals surface area contributed by atoms with Crippen LogP contribution >= 0.6 is 15.9 Å². The van der Waals surface area contributed by atoms with Gasteiger partial charge in [-0.3, -0.25) is 9.59 Å². The number of hydrogen-bond donors (Lipinski definition) is 1. The number of halogens is 1. The first-order valence-electron chi connectivity index (χ1n) is 9.64. The van der Waals surface area contributed by atoms with E-state index in [1.807, 2.05) is 38.1 Å². The summed E-state index contributed by atoms with van der Waals surface area (Å²) in [5.74, 6) is 0.335. The average molecular weight is 456 g/mol. The standard InChI is InChI=1S/C22H22BrN3O3/c1-13-5-8-19(24-11-13)25-21(27)15-4-3-9-26(12-15)22(28)20-14(2)17-10-16(23)6-7-18(17)29-20/h5-8,10-11,15H,3-4,9,12H2,1-2H3,(H,24,25,27). The highest BCUT2D eigenvalue weighted by Gasteiger charge is 2.31. The minimum Gasteiger partial charge on any atom is -0.451 e. The monoisotopic (exact) mass is 455 g/mol. The van der Waals surface area contributed by atoms with Gasteiger partial charge in [-0.15, -0.1) is 0 Å². The van der Waals surface area contributed by atoms with E-state index in [1.165, 1.54) is 0 Å². The molecular weight excluding hydrogens is 434 g/mol. The smallest absolute Gasteiger partial charge is 0.289 e. The molecule has 0 bridgehead atoms. The van der Waals surface area contributed by atoms with Gasteiger partial charge in [0.2, 0.25) is 5.91 Å². The van der Waals surface area contributed by atoms with E-state index in [0.717, 1.165) is 33.8 Å². The summed E-state index contributed by atoms with van der Waals surface area (Å²) in [4.78, 5) is 31.7. The zero-order valence-electron chi connectivity index (χ0n) is 16.4. The van der Waals surface area contributed by atoms with E-state index >= 15 is 0 Å². The number of furan rings is 1. The lowest BCUT2D eigenvalue weighted by atomic mass is 9.96. The molecule has 1 saturated heterocycles. The molecule has 1 aromatic carbocycles. The number of hydrogen-bond acceptors (Lipinski definition) is 4. The van der Waals surface area contributed by atoms with Gasteiger partial charge in [-0.25, -0.2) is 4.98 Å². The van der Waals surface area contributed by atoms with Crippen molar-refractivity contribution < 1.29 is 14.0 Å². The molecule has 29 heavy (non-hydrogen) atoms. The molecule has 7 heteroatoms. The summed E-state index contributed by atoms with van der Waals surface area (Å²) >= 11 is 3.46. The first kappa shape index (κ1) is 19.6. The van der Waals surface area contributed by atoms with Crippen molar-refractivity contribution in [2.24, 2.45) is 5.92 Å². The van der Waals surface area contributed by atoms with Crippen LogP contribution in [0.5, 0.6) is 0 Å². The van der Waals surface area contributed by atoms with Gasteiger partial charge in [0.15, 0.2) is 5.76 Å². The number of pyridine rings is 1. The Balaban J connectivity index is 1.49. The molecule has 6 nitrogen and oxygen atoms in total. The minimum atomic E-state index is -0.269. The van der Waals surface area contributed by atoms with Crippen LogP contribution in [0.1, 0.15) is 34.5 Å². The number of aryl methyl sites for hydroxylation is 2. The van der Waals surface area contributed by atoms with Crippen LogP contribution in [0.4, 0.5) is 5.82 Å². The first-order chi connectivity index (χ1) is 13.9. The van der Waals surface area contributed by atoms with E-state index in [4.69, 9.17) is 4.42 Å². The summed E-state index contributed by atoms with van der Waals surface area (Å²) in [5, 5.41) is 3.78. The molecule has 0 saturated carbocycles. The van der Waals surface area contributed by atoms with Crippen LogP contribution in [-0.4, -0.2) is 34.8 Å². The molecule has 0 spiro atoms. The van der Waals surface area contributed by atoms with Crippen LogP contribution < -0.4 is 5.32 Å². The fourth-order valence-corrected chi connectivity index (χ4v) is 4.05. The molecule has 2 aromatic heterocycles. The van der Waals surface area contributed by atoms with Gasteiger partial charge < -0.3 is 14.6 Å². The third-order valence-electron chi connectivity index (χ3n) is 5.33. The van der Waals surface area contributed by atoms with Gasteiger partial charge in [0.1, 0.15) is 11.4 Å². The second kappa shape index (κ2) is 7.99. The van der Waals surface area contributed by atoms with Crippen LogP contribution in [0.15, 0.2) is 45.4 Å². The number of amides is 2. The summed E-state index contributed by atoms with van der Waals surface area (Å²) in [6, 6.07) is 9.38. The maximum absolute atomic E-state index is 13.1. The van der Waals surface area contributed by atoms with Crippen molar-refractivity contribution in [1.29, 1.82) is 0 Å². The largest absolute Gasteiger partial charge is 0.451 e. The van der Waals surface area contributed by atoms with Crippen molar-refractivity contribution in [2.45, 2.75) is 26.7 Å². The second-order valence-electron chi connectivity index (χ2n) is 7.50. The Labute approximate surface area is 177 Å². The van der Waals surface area contributed by atoms with Gasteiger partial charge in [-0.2, -0.15) is 0 Å². The number of aromatic nitrogens is 1. The summed E-state index contributed by atoms with van der Waals surface area (Å²) < 4.78 is 6.79. The Morgan fingerprint density at radius 3 is 2.83 bits per heavy atom. The lowest BCUT2D eigenvalue weighted by Crippen LogP contribution is -2.43. The van der Waals surface area contributed by atoms with Crippen molar-refractivity contribution in [2.75, 3.05) is 18.4 Å². The Kier molecular flexibility index (Phi) is 5.41. The number of piperidine rings is 1. The summed E-state index contributed by atoms with van der Waals surface area (Å²) in [5.41, 5.74) is 2.54. The maximum atomic E-state index is 13.1. The van der Waals surface area contributed by atoms with Crippen molar-refractivity contribution in [3.05, 3.63) is 57.9 Å². The van der Waals surface area contributed by atoms with E-state index in [9.17, 15) is 9.59 Å². The summed E-state index contributed by atoms with van der Waals surface area (Å²) in [6.45, 7) is 4.83. The number of nitrogens with zero attached hydrogens (tertiary/aromatic N) is 2. The fourth-order valence-electron chi connectivity index (χ4n) is 3.69. The molecule has 1 N–H and O–H groups in total. The molecule has 3 aromatic rings. The number of benzene rings is 1. The number of likely N-dealkylation sites (tertiary alicyclic amines) is 1. The number of carbonyl (C=O) groups excluding carboxylic acids is 2. The van der Waals surface area contributed by atoms with Gasteiger partial charge in [0.05, 0.1) is 5.92 Å². The van der Waals surface area contributed by atoms with Crippen molar-refractivity contribution in [3.63, 3.8) is 0 Å². The molecule has 2 amide bonds. The Bertz CT molecular complexity index is 1070. The van der Waals surface area contributed by atoms with Crippen LogP contribution in [0.2, 0.25) is 0 Å². The lowest BCUT2D eigenvalue weighted by Gasteiger charge is -2.31. The number of nitrogens with one attached hydrogen (secondary N) is 1. The molecule has 1 atom stereocenters. The van der Waals surface area contributed by atoms with Crippen molar-refractivity contribution in [3.8, 4) is 0 Å². The van der Waals surface area contributed by atoms with Crippen molar-refractivity contribution in [1.82, 2.24) is 9.88 Å². The molecule has 0 radical (unpaired) electrons. The van der Waals surface area contributed by atoms with Gasteiger partial charge in [-0.1, -0.05) is 22.0 Å². The van der Waals surface area contributed by atoms with Gasteiger partial charge >= 0.3 is 0 Å². The highest BCUT2D eigenvalue weighted by molar-refractivity contribution is 9.10. The average Bonchev–Trinajstić information content (AvgIpc) is 3.05. The van der Waals surface area contributed by atoms with E-state index in [0.29, 0.717) is 30.3 Å². The molecule has 0 aliphatic carbocycles. The quantitative estimate of drug-likeness (QED) is 0.620. The topological polar surface area (TPSA) is 75.4 Å². The Morgan fingerprint density at radius 1 is 1.24 bits per heavy atom. The predicted molar refractivity (Wildman–Crippen MR) is 115 cm³/mol. The zero-order chi connectivity index (χ0) is 20.5. The number of anilines is 1. The summed E-state index contributed by atoms with van der Waals surface area (Å²) in [7, 11) is 0. The fraction of sp³-hybridized carbons (Fsp3) is 0.318. The summed E-state index contributed by atoms with van der Waals surface area (Å²) in [6.07, 6.45) is 3.23. The first-order valence-corrected chi connectivity index (χ1v) is 10.4. The van der Waals surface area contributed by atoms with Crippen LogP contribution in [0.25, 0.3) is 11.0 Å². The van der Waals surface area contributed by atoms with Crippen LogP contribution in [0.3, 0.4) is 0 Å². The molecular formula is C22H22BrN3O3. The zero-order valence-corrected chi connectivity index (χ0v) is 18.0. The Morgan fingerprint density at radius 2 is 2.07 bits per heavy atom. The van der Waals surface area contributed by atoms with Crippen LogP contribution in [0, 0.1) is 19.8 Å². The lowest BCUT2D eigenvalue weighted by molar-refractivity contribution is -0.121. The molecule has 1 unspecified atom stereocenters. The third-order valence-corrected chi connectivity index (χ3v) is 5.83. The normalized spacial score (nSPS) is 16.8. The third kappa shape index (κ3) is 4.05. The predicted octanol–water partition coefficient (Wildman–Crippen LogP) is 4.70. The van der Waals surface area contributed by atoms with Crippen molar-refractivity contribution >= 4 is 44.5 Å². The van der Waals surface area contributed by atoms with E-state index in [-0.39, 0.29) is 17.7 Å². The van der Waals surface area contributed by atoms with Crippen LogP contribution in [-0.2, 0) is 4.79 Å². The minimum absolute atomic E-state index is 0.107. The maximum Gasteiger partial charge on any atom is 0.289 e. The van der Waals surface area contributed by atoms with E-state index in [2.05, 4.69) is 26.2 Å².